The van der Waals surface area contributed by atoms with E-state index in [0.29, 0.717) is 33.9 Å². The lowest BCUT2D eigenvalue weighted by Gasteiger charge is -2.20. The molecule has 0 saturated carbocycles. The number of thioether (sulfide) groups is 1. The molecule has 2 aromatic carbocycles. The summed E-state index contributed by atoms with van der Waals surface area (Å²) >= 11 is 1.24. The van der Waals surface area contributed by atoms with E-state index in [2.05, 4.69) is 15.1 Å². The predicted molar refractivity (Wildman–Crippen MR) is 141 cm³/mol. The largest absolute Gasteiger partial charge is 0.490 e. The highest BCUT2D eigenvalue weighted by Crippen LogP contribution is 2.34. The number of carbonyl (C=O) groups is 1. The Bertz CT molecular complexity index is 1400. The van der Waals surface area contributed by atoms with Gasteiger partial charge < -0.3 is 9.47 Å². The van der Waals surface area contributed by atoms with Crippen LogP contribution in [-0.4, -0.2) is 38.6 Å². The number of aromatic nitrogens is 1. The number of hydrogen-bond donors (Lipinski definition) is 1. The number of hydrogen-bond acceptors (Lipinski definition) is 7. The SMILES string of the molecule is CCOc1cc(/C=C2/C(=N)N3N=C(c4cccnc4)SC3=NC2=O)ccc1O[C@H](C)c1ccccc1. The van der Waals surface area contributed by atoms with Crippen LogP contribution in [0.3, 0.4) is 0 Å². The number of pyridine rings is 1. The number of rotatable bonds is 7. The number of benzene rings is 2. The Hall–Kier alpha value is -4.24. The Labute approximate surface area is 212 Å². The number of nitrogens with one attached hydrogen (secondary N) is 1. The van der Waals surface area contributed by atoms with Crippen LogP contribution in [0.25, 0.3) is 6.08 Å². The van der Waals surface area contributed by atoms with Crippen LogP contribution in [0, 0.1) is 5.41 Å². The van der Waals surface area contributed by atoms with Crippen LogP contribution in [0.4, 0.5) is 0 Å². The zero-order chi connectivity index (χ0) is 25.1. The van der Waals surface area contributed by atoms with Crippen molar-refractivity contribution in [2.24, 2.45) is 10.1 Å². The van der Waals surface area contributed by atoms with Crippen molar-refractivity contribution in [3.8, 4) is 11.5 Å². The first-order chi connectivity index (χ1) is 17.5. The topological polar surface area (TPSA) is 100 Å². The minimum Gasteiger partial charge on any atom is -0.490 e. The lowest BCUT2D eigenvalue weighted by molar-refractivity contribution is -0.114. The number of aliphatic imine (C=N–C) groups is 1. The quantitative estimate of drug-likeness (QED) is 0.445. The maximum atomic E-state index is 12.8. The molecular weight excluding hydrogens is 474 g/mol. The van der Waals surface area contributed by atoms with Crippen molar-refractivity contribution in [3.63, 3.8) is 0 Å². The Balaban J connectivity index is 1.41. The van der Waals surface area contributed by atoms with E-state index in [9.17, 15) is 4.79 Å². The summed E-state index contributed by atoms with van der Waals surface area (Å²) in [5.74, 6) is 0.634. The number of nitrogens with zero attached hydrogens (tertiary/aromatic N) is 4. The van der Waals surface area contributed by atoms with Gasteiger partial charge in [-0.05, 0) is 67.1 Å². The number of amides is 1. The normalized spacial score (nSPS) is 16.9. The minimum absolute atomic E-state index is 0.0348. The second kappa shape index (κ2) is 10.2. The number of hydrazone groups is 1. The van der Waals surface area contributed by atoms with E-state index in [4.69, 9.17) is 14.9 Å². The lowest BCUT2D eigenvalue weighted by Crippen LogP contribution is -2.35. The highest BCUT2D eigenvalue weighted by atomic mass is 32.2. The molecule has 1 atom stereocenters. The van der Waals surface area contributed by atoms with Crippen LogP contribution < -0.4 is 9.47 Å². The van der Waals surface area contributed by atoms with Gasteiger partial charge in [0.05, 0.1) is 12.2 Å². The van der Waals surface area contributed by atoms with Gasteiger partial charge in [0.25, 0.3) is 5.91 Å². The summed E-state index contributed by atoms with van der Waals surface area (Å²) in [6, 6.07) is 19.1. The fraction of sp³-hybridized carbons (Fsp3) is 0.148. The van der Waals surface area contributed by atoms with Gasteiger partial charge >= 0.3 is 0 Å². The van der Waals surface area contributed by atoms with Crippen LogP contribution in [-0.2, 0) is 4.79 Å². The number of amidine groups is 2. The first-order valence-corrected chi connectivity index (χ1v) is 12.2. The Morgan fingerprint density at radius 1 is 1.11 bits per heavy atom. The minimum atomic E-state index is -0.489. The van der Waals surface area contributed by atoms with Crippen molar-refractivity contribution in [3.05, 3.63) is 95.3 Å². The third kappa shape index (κ3) is 4.78. The van der Waals surface area contributed by atoms with Crippen LogP contribution in [0.2, 0.25) is 0 Å². The highest BCUT2D eigenvalue weighted by molar-refractivity contribution is 8.27. The average Bonchev–Trinajstić information content (AvgIpc) is 3.33. The first kappa shape index (κ1) is 23.5. The summed E-state index contributed by atoms with van der Waals surface area (Å²) in [5, 5.41) is 15.5. The second-order valence-corrected chi connectivity index (χ2v) is 8.93. The van der Waals surface area contributed by atoms with Crippen LogP contribution in [0.1, 0.15) is 36.6 Å². The third-order valence-corrected chi connectivity index (χ3v) is 6.47. The molecule has 0 spiro atoms. The van der Waals surface area contributed by atoms with E-state index in [1.54, 1.807) is 24.5 Å². The number of carbonyl (C=O) groups excluding carboxylic acids is 1. The fourth-order valence-electron chi connectivity index (χ4n) is 3.73. The fourth-order valence-corrected chi connectivity index (χ4v) is 4.61. The van der Waals surface area contributed by atoms with Gasteiger partial charge in [0.1, 0.15) is 11.1 Å². The van der Waals surface area contributed by atoms with Crippen molar-refractivity contribution >= 4 is 39.8 Å². The van der Waals surface area contributed by atoms with Gasteiger partial charge in [-0.25, -0.2) is 0 Å². The van der Waals surface area contributed by atoms with E-state index in [-0.39, 0.29) is 17.5 Å². The molecule has 2 aliphatic rings. The smallest absolute Gasteiger partial charge is 0.283 e. The van der Waals surface area contributed by atoms with E-state index in [0.717, 1.165) is 11.1 Å². The van der Waals surface area contributed by atoms with Crippen LogP contribution >= 0.6 is 11.8 Å². The molecule has 1 aromatic heterocycles. The van der Waals surface area contributed by atoms with Crippen LogP contribution in [0.5, 0.6) is 11.5 Å². The molecule has 180 valence electrons. The number of ether oxygens (including phenoxy) is 2. The standard InChI is InChI=1S/C27H23N5O3S/c1-3-34-23-15-18(11-12-22(23)35-17(2)19-8-5-4-6-9-19)14-21-24(28)32-27(30-25(21)33)36-26(31-32)20-10-7-13-29-16-20/h4-17,28H,3H2,1-2H3/b21-14-,28-24?/t17-/m1/s1. The zero-order valence-corrected chi connectivity index (χ0v) is 20.5. The summed E-state index contributed by atoms with van der Waals surface area (Å²) in [4.78, 5) is 21.1. The van der Waals surface area contributed by atoms with Gasteiger partial charge in [0.2, 0.25) is 5.17 Å². The Kier molecular flexibility index (Phi) is 6.64. The summed E-state index contributed by atoms with van der Waals surface area (Å²) in [6.45, 7) is 4.33. The first-order valence-electron chi connectivity index (χ1n) is 11.4. The molecule has 9 heteroatoms. The van der Waals surface area contributed by atoms with E-state index in [1.807, 2.05) is 68.4 Å². The van der Waals surface area contributed by atoms with Gasteiger partial charge in [0, 0.05) is 18.0 Å². The van der Waals surface area contributed by atoms with Crippen molar-refractivity contribution in [2.45, 2.75) is 20.0 Å². The molecule has 1 N–H and O–H groups in total. The van der Waals surface area contributed by atoms with E-state index < -0.39 is 5.91 Å². The molecule has 0 bridgehead atoms. The molecule has 0 fully saturated rings. The monoisotopic (exact) mass is 497 g/mol. The molecule has 2 aliphatic heterocycles. The van der Waals surface area contributed by atoms with E-state index in [1.165, 1.54) is 16.8 Å². The Morgan fingerprint density at radius 2 is 1.94 bits per heavy atom. The van der Waals surface area contributed by atoms with Gasteiger partial charge in [-0.1, -0.05) is 36.4 Å². The van der Waals surface area contributed by atoms with Gasteiger partial charge in [-0.15, -0.1) is 0 Å². The van der Waals surface area contributed by atoms with Crippen molar-refractivity contribution < 1.29 is 14.3 Å². The lowest BCUT2D eigenvalue weighted by atomic mass is 10.1. The molecule has 36 heavy (non-hydrogen) atoms. The maximum absolute atomic E-state index is 12.8. The van der Waals surface area contributed by atoms with E-state index >= 15 is 0 Å². The highest BCUT2D eigenvalue weighted by Gasteiger charge is 2.36. The maximum Gasteiger partial charge on any atom is 0.283 e. The molecule has 0 aliphatic carbocycles. The molecule has 1 amide bonds. The molecule has 0 radical (unpaired) electrons. The zero-order valence-electron chi connectivity index (χ0n) is 19.7. The third-order valence-electron chi connectivity index (χ3n) is 5.51. The molecular formula is C27H23N5O3S. The van der Waals surface area contributed by atoms with Crippen molar-refractivity contribution in [1.82, 2.24) is 9.99 Å². The summed E-state index contributed by atoms with van der Waals surface area (Å²) in [6.07, 6.45) is 4.82. The summed E-state index contributed by atoms with van der Waals surface area (Å²) in [5.41, 5.74) is 2.68. The molecule has 0 saturated heterocycles. The van der Waals surface area contributed by atoms with Crippen molar-refractivity contribution in [1.29, 1.82) is 5.41 Å². The predicted octanol–water partition coefficient (Wildman–Crippen LogP) is 5.29. The molecule has 5 rings (SSSR count). The van der Waals surface area contributed by atoms with Gasteiger partial charge in [-0.3, -0.25) is 15.2 Å². The summed E-state index contributed by atoms with van der Waals surface area (Å²) < 4.78 is 12.0. The molecule has 3 heterocycles. The van der Waals surface area contributed by atoms with Gasteiger partial charge in [0.15, 0.2) is 17.3 Å². The molecule has 0 unspecified atom stereocenters. The molecule has 3 aromatic rings. The van der Waals surface area contributed by atoms with Crippen LogP contribution in [0.15, 0.2) is 88.7 Å². The van der Waals surface area contributed by atoms with Crippen molar-refractivity contribution in [2.75, 3.05) is 6.61 Å². The second-order valence-electron chi connectivity index (χ2n) is 7.98. The molecule has 8 nitrogen and oxygen atoms in total. The Morgan fingerprint density at radius 3 is 2.69 bits per heavy atom. The summed E-state index contributed by atoms with van der Waals surface area (Å²) in [7, 11) is 0. The van der Waals surface area contributed by atoms with Gasteiger partial charge in [-0.2, -0.15) is 15.1 Å². The average molecular weight is 498 g/mol. The number of fused-ring (bicyclic) bond motifs is 1.